The van der Waals surface area contributed by atoms with Crippen molar-refractivity contribution in [3.8, 4) is 0 Å². The third-order valence-electron chi connectivity index (χ3n) is 2.93. The molecule has 1 aliphatic rings. The van der Waals surface area contributed by atoms with Gasteiger partial charge in [0.1, 0.15) is 5.82 Å². The van der Waals surface area contributed by atoms with Crippen LogP contribution >= 0.6 is 0 Å². The van der Waals surface area contributed by atoms with Crippen LogP contribution in [0.3, 0.4) is 0 Å². The van der Waals surface area contributed by atoms with Crippen molar-refractivity contribution < 1.29 is 4.74 Å². The van der Waals surface area contributed by atoms with Crippen LogP contribution in [-0.4, -0.2) is 37.3 Å². The molecular weight excluding hydrogens is 214 g/mol. The minimum absolute atomic E-state index is 0.272. The maximum Gasteiger partial charge on any atom is 0.128 e. The zero-order chi connectivity index (χ0) is 12.3. The Morgan fingerprint density at radius 1 is 1.41 bits per heavy atom. The number of hydrogen-bond donors (Lipinski definition) is 1. The maximum absolute atomic E-state index is 5.73. The summed E-state index contributed by atoms with van der Waals surface area (Å²) in [6.07, 6.45) is 2.43. The average molecular weight is 235 g/mol. The molecular formula is C13H21N3O. The molecule has 2 atom stereocenters. The summed E-state index contributed by atoms with van der Waals surface area (Å²) in [7, 11) is 1.96. The molecule has 0 amide bonds. The Morgan fingerprint density at radius 2 is 2.12 bits per heavy atom. The highest BCUT2D eigenvalue weighted by molar-refractivity contribution is 5.41. The molecule has 1 aromatic rings. The lowest BCUT2D eigenvalue weighted by Crippen LogP contribution is -2.45. The maximum atomic E-state index is 5.73. The predicted molar refractivity (Wildman–Crippen MR) is 69.2 cm³/mol. The number of aromatic nitrogens is 1. The van der Waals surface area contributed by atoms with Gasteiger partial charge in [0.05, 0.1) is 12.2 Å². The summed E-state index contributed by atoms with van der Waals surface area (Å²) < 4.78 is 5.73. The minimum Gasteiger partial charge on any atom is -0.372 e. The van der Waals surface area contributed by atoms with Crippen molar-refractivity contribution in [3.05, 3.63) is 23.9 Å². The Labute approximate surface area is 103 Å². The van der Waals surface area contributed by atoms with Gasteiger partial charge in [0.15, 0.2) is 0 Å². The summed E-state index contributed by atoms with van der Waals surface area (Å²) in [4.78, 5) is 6.76. The molecule has 4 nitrogen and oxygen atoms in total. The van der Waals surface area contributed by atoms with Gasteiger partial charge >= 0.3 is 0 Å². The van der Waals surface area contributed by atoms with Crippen molar-refractivity contribution in [1.29, 1.82) is 0 Å². The summed E-state index contributed by atoms with van der Waals surface area (Å²) in [6.45, 7) is 6.94. The van der Waals surface area contributed by atoms with Crippen LogP contribution in [0, 0.1) is 0 Å². The van der Waals surface area contributed by atoms with E-state index >= 15 is 0 Å². The molecule has 0 radical (unpaired) electrons. The number of ether oxygens (including phenoxy) is 1. The Morgan fingerprint density at radius 3 is 2.76 bits per heavy atom. The summed E-state index contributed by atoms with van der Waals surface area (Å²) in [6, 6.07) is 4.20. The molecule has 1 saturated heterocycles. The first-order valence-corrected chi connectivity index (χ1v) is 6.19. The number of morpholine rings is 1. The first-order valence-electron chi connectivity index (χ1n) is 6.19. The quantitative estimate of drug-likeness (QED) is 0.859. The second-order valence-electron chi connectivity index (χ2n) is 4.71. The van der Waals surface area contributed by atoms with Crippen LogP contribution in [0.2, 0.25) is 0 Å². The Balaban J connectivity index is 2.12. The fourth-order valence-electron chi connectivity index (χ4n) is 2.31. The average Bonchev–Trinajstić information content (AvgIpc) is 2.28. The van der Waals surface area contributed by atoms with E-state index in [0.29, 0.717) is 0 Å². The summed E-state index contributed by atoms with van der Waals surface area (Å²) >= 11 is 0. The van der Waals surface area contributed by atoms with Gasteiger partial charge in [-0.15, -0.1) is 0 Å². The molecule has 1 fully saturated rings. The fraction of sp³-hybridized carbons (Fsp3) is 0.615. The third-order valence-corrected chi connectivity index (χ3v) is 2.93. The Hall–Kier alpha value is -1.13. The third kappa shape index (κ3) is 3.17. The van der Waals surface area contributed by atoms with E-state index in [-0.39, 0.29) is 12.2 Å². The van der Waals surface area contributed by atoms with E-state index in [9.17, 15) is 0 Å². The van der Waals surface area contributed by atoms with E-state index in [1.165, 1.54) is 5.56 Å². The molecule has 0 spiro atoms. The number of pyridine rings is 1. The van der Waals surface area contributed by atoms with Gasteiger partial charge in [0.25, 0.3) is 0 Å². The van der Waals surface area contributed by atoms with E-state index < -0.39 is 0 Å². The number of nitrogens with one attached hydrogen (secondary N) is 1. The normalized spacial score (nSPS) is 25.0. The second kappa shape index (κ2) is 5.47. The van der Waals surface area contributed by atoms with Gasteiger partial charge in [-0.05, 0) is 38.6 Å². The van der Waals surface area contributed by atoms with Crippen LogP contribution in [0.25, 0.3) is 0 Å². The molecule has 0 aliphatic carbocycles. The van der Waals surface area contributed by atoms with Gasteiger partial charge in [0, 0.05) is 25.8 Å². The Kier molecular flexibility index (Phi) is 3.97. The highest BCUT2D eigenvalue weighted by Gasteiger charge is 2.23. The summed E-state index contributed by atoms with van der Waals surface area (Å²) in [5, 5.41) is 3.16. The van der Waals surface area contributed by atoms with Gasteiger partial charge < -0.3 is 15.0 Å². The van der Waals surface area contributed by atoms with Gasteiger partial charge in [0.2, 0.25) is 0 Å². The molecule has 2 unspecified atom stereocenters. The lowest BCUT2D eigenvalue weighted by atomic mass is 10.2. The van der Waals surface area contributed by atoms with Crippen LogP contribution in [0.5, 0.6) is 0 Å². The lowest BCUT2D eigenvalue weighted by Gasteiger charge is -2.36. The monoisotopic (exact) mass is 235 g/mol. The van der Waals surface area contributed by atoms with Crippen LogP contribution in [-0.2, 0) is 11.3 Å². The number of nitrogens with zero attached hydrogens (tertiary/aromatic N) is 2. The van der Waals surface area contributed by atoms with Crippen LogP contribution in [0.4, 0.5) is 5.82 Å². The van der Waals surface area contributed by atoms with Crippen molar-refractivity contribution >= 4 is 5.82 Å². The van der Waals surface area contributed by atoms with E-state index in [1.54, 1.807) is 0 Å². The molecule has 0 aromatic carbocycles. The zero-order valence-electron chi connectivity index (χ0n) is 10.8. The molecule has 0 bridgehead atoms. The molecule has 17 heavy (non-hydrogen) atoms. The van der Waals surface area contributed by atoms with Crippen molar-refractivity contribution in [2.75, 3.05) is 25.0 Å². The first kappa shape index (κ1) is 12.3. The number of anilines is 1. The smallest absolute Gasteiger partial charge is 0.128 e. The van der Waals surface area contributed by atoms with Gasteiger partial charge in [-0.2, -0.15) is 0 Å². The van der Waals surface area contributed by atoms with Gasteiger partial charge in [-0.25, -0.2) is 4.98 Å². The van der Waals surface area contributed by atoms with Crippen LogP contribution < -0.4 is 10.2 Å². The van der Waals surface area contributed by atoms with Gasteiger partial charge in [-0.3, -0.25) is 0 Å². The zero-order valence-corrected chi connectivity index (χ0v) is 10.8. The van der Waals surface area contributed by atoms with Crippen molar-refractivity contribution in [3.63, 3.8) is 0 Å². The molecule has 1 aliphatic heterocycles. The van der Waals surface area contributed by atoms with E-state index in [4.69, 9.17) is 4.74 Å². The topological polar surface area (TPSA) is 37.4 Å². The molecule has 0 saturated carbocycles. The number of rotatable bonds is 3. The lowest BCUT2D eigenvalue weighted by molar-refractivity contribution is -0.00546. The van der Waals surface area contributed by atoms with Crippen LogP contribution in [0.1, 0.15) is 19.4 Å². The van der Waals surface area contributed by atoms with Crippen molar-refractivity contribution in [2.45, 2.75) is 32.6 Å². The van der Waals surface area contributed by atoms with Crippen molar-refractivity contribution in [1.82, 2.24) is 10.3 Å². The second-order valence-corrected chi connectivity index (χ2v) is 4.71. The molecule has 1 N–H and O–H groups in total. The van der Waals surface area contributed by atoms with E-state index in [2.05, 4.69) is 35.1 Å². The van der Waals surface area contributed by atoms with E-state index in [1.807, 2.05) is 19.3 Å². The molecule has 4 heteroatoms. The highest BCUT2D eigenvalue weighted by Crippen LogP contribution is 2.18. The largest absolute Gasteiger partial charge is 0.372 e. The Bertz CT molecular complexity index is 359. The van der Waals surface area contributed by atoms with E-state index in [0.717, 1.165) is 25.5 Å². The minimum atomic E-state index is 0.272. The fourth-order valence-corrected chi connectivity index (χ4v) is 2.31. The standard InChI is InChI=1S/C13H21N3O/c1-10-8-16(9-11(2)17-10)13-6-12(7-14-3)4-5-15-13/h4-6,10-11,14H,7-9H2,1-3H3. The number of hydrogen-bond acceptors (Lipinski definition) is 4. The summed E-state index contributed by atoms with van der Waals surface area (Å²) in [5.41, 5.74) is 1.27. The molecule has 1 aromatic heterocycles. The molecule has 94 valence electrons. The molecule has 2 rings (SSSR count). The van der Waals surface area contributed by atoms with Crippen molar-refractivity contribution in [2.24, 2.45) is 0 Å². The van der Waals surface area contributed by atoms with Gasteiger partial charge in [-0.1, -0.05) is 0 Å². The predicted octanol–water partition coefficient (Wildman–Crippen LogP) is 1.41. The SMILES string of the molecule is CNCc1ccnc(N2CC(C)OC(C)C2)c1. The molecule has 2 heterocycles. The highest BCUT2D eigenvalue weighted by atomic mass is 16.5. The first-order chi connectivity index (χ1) is 8.19. The van der Waals surface area contributed by atoms with Crippen LogP contribution in [0.15, 0.2) is 18.3 Å². The summed E-state index contributed by atoms with van der Waals surface area (Å²) in [5.74, 6) is 1.06.